The Morgan fingerprint density at radius 1 is 0.812 bits per heavy atom. The maximum atomic E-state index is 12.6. The second-order valence-electron chi connectivity index (χ2n) is 7.79. The third-order valence-corrected chi connectivity index (χ3v) is 5.80. The molecule has 0 bridgehead atoms. The van der Waals surface area contributed by atoms with Gasteiger partial charge in [0, 0.05) is 60.3 Å². The molecule has 2 aromatic carbocycles. The average Bonchev–Trinajstić information content (AvgIpc) is 3.48. The standard InChI is InChI=1S/C21H22N4O7/c26-21(31-19-3-1-15(24(27)28)9-17(19)13-5-7-22-11-13)32-20-4-2-16(25(29)30)10-18(20)14-6-8-23-12-14/h1-4,9-10,13-14,22-23H,5-8,11-12H2. The molecular formula is C21H22N4O7. The number of rotatable bonds is 6. The van der Waals surface area contributed by atoms with Crippen LogP contribution >= 0.6 is 0 Å². The second kappa shape index (κ2) is 9.28. The number of nitrogens with one attached hydrogen (secondary N) is 2. The molecule has 4 rings (SSSR count). The molecule has 168 valence electrons. The quantitative estimate of drug-likeness (QED) is 0.298. The second-order valence-corrected chi connectivity index (χ2v) is 7.79. The summed E-state index contributed by atoms with van der Waals surface area (Å²) in [6.45, 7) is 2.76. The highest BCUT2D eigenvalue weighted by molar-refractivity contribution is 5.69. The summed E-state index contributed by atoms with van der Waals surface area (Å²) < 4.78 is 10.9. The summed E-state index contributed by atoms with van der Waals surface area (Å²) in [6.07, 6.45) is 0.508. The van der Waals surface area contributed by atoms with Gasteiger partial charge in [-0.3, -0.25) is 20.2 Å². The number of nitro groups is 2. The van der Waals surface area contributed by atoms with Gasteiger partial charge in [-0.25, -0.2) is 4.79 Å². The number of ether oxygens (including phenoxy) is 2. The van der Waals surface area contributed by atoms with Crippen LogP contribution in [-0.4, -0.2) is 42.2 Å². The molecule has 2 atom stereocenters. The maximum Gasteiger partial charge on any atom is 0.519 e. The Morgan fingerprint density at radius 2 is 1.25 bits per heavy atom. The summed E-state index contributed by atoms with van der Waals surface area (Å²) in [5.74, 6) is 0.329. The van der Waals surface area contributed by atoms with E-state index in [4.69, 9.17) is 9.47 Å². The predicted molar refractivity (Wildman–Crippen MR) is 113 cm³/mol. The van der Waals surface area contributed by atoms with Gasteiger partial charge in [0.1, 0.15) is 11.5 Å². The Bertz CT molecular complexity index is 965. The van der Waals surface area contributed by atoms with Crippen LogP contribution < -0.4 is 20.1 Å². The van der Waals surface area contributed by atoms with Gasteiger partial charge in [0.05, 0.1) is 9.85 Å². The lowest BCUT2D eigenvalue weighted by Crippen LogP contribution is -2.18. The molecule has 32 heavy (non-hydrogen) atoms. The van der Waals surface area contributed by atoms with Gasteiger partial charge in [0.15, 0.2) is 0 Å². The fraction of sp³-hybridized carbons (Fsp3) is 0.381. The molecule has 0 radical (unpaired) electrons. The molecule has 11 heteroatoms. The van der Waals surface area contributed by atoms with Gasteiger partial charge in [0.2, 0.25) is 0 Å². The van der Waals surface area contributed by atoms with Crippen molar-refractivity contribution in [3.8, 4) is 11.5 Å². The van der Waals surface area contributed by atoms with Crippen LogP contribution in [-0.2, 0) is 0 Å². The Balaban J connectivity index is 1.57. The fourth-order valence-electron chi connectivity index (χ4n) is 4.16. The van der Waals surface area contributed by atoms with E-state index in [1.54, 1.807) is 0 Å². The molecule has 0 amide bonds. The van der Waals surface area contributed by atoms with E-state index in [0.29, 0.717) is 24.2 Å². The first-order valence-electron chi connectivity index (χ1n) is 10.3. The topological polar surface area (TPSA) is 146 Å². The van der Waals surface area contributed by atoms with Crippen molar-refractivity contribution in [2.24, 2.45) is 0 Å². The highest BCUT2D eigenvalue weighted by atomic mass is 16.7. The van der Waals surface area contributed by atoms with E-state index in [1.165, 1.54) is 36.4 Å². The summed E-state index contributed by atoms with van der Waals surface area (Å²) in [5, 5.41) is 28.8. The molecule has 2 unspecified atom stereocenters. The summed E-state index contributed by atoms with van der Waals surface area (Å²) in [7, 11) is 0. The first-order valence-corrected chi connectivity index (χ1v) is 10.3. The minimum Gasteiger partial charge on any atom is -0.394 e. The molecule has 0 spiro atoms. The third kappa shape index (κ3) is 4.68. The number of nitrogens with zero attached hydrogens (tertiary/aromatic N) is 2. The summed E-state index contributed by atoms with van der Waals surface area (Å²) in [4.78, 5) is 34.0. The monoisotopic (exact) mass is 442 g/mol. The first kappa shape index (κ1) is 21.7. The minimum absolute atomic E-state index is 0.0304. The van der Waals surface area contributed by atoms with Crippen molar-refractivity contribution >= 4 is 17.5 Å². The zero-order valence-corrected chi connectivity index (χ0v) is 17.1. The lowest BCUT2D eigenvalue weighted by atomic mass is 9.97. The highest BCUT2D eigenvalue weighted by Gasteiger charge is 2.27. The lowest BCUT2D eigenvalue weighted by Gasteiger charge is -2.16. The van der Waals surface area contributed by atoms with Gasteiger partial charge in [-0.2, -0.15) is 0 Å². The Kier molecular flexibility index (Phi) is 6.28. The van der Waals surface area contributed by atoms with Crippen LogP contribution in [0.5, 0.6) is 11.5 Å². The molecule has 0 saturated carbocycles. The fourth-order valence-corrected chi connectivity index (χ4v) is 4.16. The summed E-state index contributed by atoms with van der Waals surface area (Å²) in [6, 6.07) is 8.17. The van der Waals surface area contributed by atoms with Gasteiger partial charge in [-0.1, -0.05) is 0 Å². The van der Waals surface area contributed by atoms with E-state index in [1.807, 2.05) is 0 Å². The van der Waals surface area contributed by atoms with E-state index in [2.05, 4.69) is 10.6 Å². The molecule has 2 aliphatic rings. The smallest absolute Gasteiger partial charge is 0.394 e. The van der Waals surface area contributed by atoms with Crippen LogP contribution in [0, 0.1) is 20.2 Å². The highest BCUT2D eigenvalue weighted by Crippen LogP contribution is 2.36. The van der Waals surface area contributed by atoms with E-state index in [0.717, 1.165) is 25.9 Å². The molecule has 0 aliphatic carbocycles. The Hall–Kier alpha value is -3.57. The summed E-state index contributed by atoms with van der Waals surface area (Å²) >= 11 is 0. The normalized spacial score (nSPS) is 20.1. The number of carbonyl (C=O) groups is 1. The number of hydrogen-bond donors (Lipinski definition) is 2. The zero-order chi connectivity index (χ0) is 22.7. The van der Waals surface area contributed by atoms with E-state index < -0.39 is 16.0 Å². The van der Waals surface area contributed by atoms with Gasteiger partial charge in [-0.15, -0.1) is 0 Å². The number of nitro benzene ring substituents is 2. The van der Waals surface area contributed by atoms with Crippen molar-refractivity contribution in [2.45, 2.75) is 24.7 Å². The number of non-ortho nitro benzene ring substituents is 2. The predicted octanol–water partition coefficient (Wildman–Crippen LogP) is 3.23. The van der Waals surface area contributed by atoms with Crippen molar-refractivity contribution in [1.82, 2.24) is 10.6 Å². The molecule has 2 heterocycles. The number of hydrogen-bond acceptors (Lipinski definition) is 9. The van der Waals surface area contributed by atoms with Crippen LogP contribution in [0.15, 0.2) is 36.4 Å². The van der Waals surface area contributed by atoms with Crippen LogP contribution in [0.1, 0.15) is 35.8 Å². The van der Waals surface area contributed by atoms with Crippen LogP contribution in [0.4, 0.5) is 16.2 Å². The third-order valence-electron chi connectivity index (χ3n) is 5.80. The van der Waals surface area contributed by atoms with Gasteiger partial charge >= 0.3 is 6.16 Å². The van der Waals surface area contributed by atoms with Crippen molar-refractivity contribution in [3.05, 3.63) is 67.8 Å². The van der Waals surface area contributed by atoms with E-state index in [-0.39, 0.29) is 34.7 Å². The van der Waals surface area contributed by atoms with Crippen molar-refractivity contribution in [1.29, 1.82) is 0 Å². The largest absolute Gasteiger partial charge is 0.519 e. The van der Waals surface area contributed by atoms with Gasteiger partial charge in [-0.05, 0) is 38.1 Å². The molecule has 2 saturated heterocycles. The van der Waals surface area contributed by atoms with Crippen molar-refractivity contribution in [3.63, 3.8) is 0 Å². The molecule has 2 N–H and O–H groups in total. The van der Waals surface area contributed by atoms with Crippen LogP contribution in [0.2, 0.25) is 0 Å². The first-order chi connectivity index (χ1) is 15.4. The minimum atomic E-state index is -1.01. The molecular weight excluding hydrogens is 420 g/mol. The molecule has 0 aromatic heterocycles. The van der Waals surface area contributed by atoms with Gasteiger partial charge < -0.3 is 20.1 Å². The molecule has 2 aliphatic heterocycles. The number of benzene rings is 2. The Morgan fingerprint density at radius 3 is 1.59 bits per heavy atom. The molecule has 11 nitrogen and oxygen atoms in total. The van der Waals surface area contributed by atoms with Crippen LogP contribution in [0.3, 0.4) is 0 Å². The average molecular weight is 442 g/mol. The molecule has 2 aromatic rings. The van der Waals surface area contributed by atoms with E-state index >= 15 is 0 Å². The van der Waals surface area contributed by atoms with Crippen molar-refractivity contribution in [2.75, 3.05) is 26.2 Å². The lowest BCUT2D eigenvalue weighted by molar-refractivity contribution is -0.385. The number of carbonyl (C=O) groups excluding carboxylic acids is 1. The zero-order valence-electron chi connectivity index (χ0n) is 17.1. The van der Waals surface area contributed by atoms with Crippen molar-refractivity contribution < 1.29 is 24.1 Å². The SMILES string of the molecule is O=C(Oc1ccc([N+](=O)[O-])cc1C1CCNC1)Oc1ccc([N+](=O)[O-])cc1C1CCNC1. The maximum absolute atomic E-state index is 12.6. The Labute approximate surface area is 183 Å². The van der Waals surface area contributed by atoms with E-state index in [9.17, 15) is 25.0 Å². The molecule has 2 fully saturated rings. The van der Waals surface area contributed by atoms with Crippen LogP contribution in [0.25, 0.3) is 0 Å². The van der Waals surface area contributed by atoms with Gasteiger partial charge in [0.25, 0.3) is 11.4 Å². The summed E-state index contributed by atoms with van der Waals surface area (Å²) in [5.41, 5.74) is 0.952.